The van der Waals surface area contributed by atoms with E-state index in [0.29, 0.717) is 12.1 Å². The normalized spacial score (nSPS) is 11.5. The van der Waals surface area contributed by atoms with E-state index < -0.39 is 11.3 Å². The van der Waals surface area contributed by atoms with Gasteiger partial charge in [0.25, 0.3) is 0 Å². The fourth-order valence-corrected chi connectivity index (χ4v) is 2.17. The van der Waals surface area contributed by atoms with Crippen LogP contribution in [0.1, 0.15) is 24.2 Å². The van der Waals surface area contributed by atoms with Gasteiger partial charge in [-0.2, -0.15) is 0 Å². The van der Waals surface area contributed by atoms with Gasteiger partial charge >= 0.3 is 6.03 Å². The summed E-state index contributed by atoms with van der Waals surface area (Å²) in [5, 5.41) is 4.35. The first-order valence-electron chi connectivity index (χ1n) is 5.87. The van der Waals surface area contributed by atoms with Crippen LogP contribution < -0.4 is 10.6 Å². The van der Waals surface area contributed by atoms with Crippen LogP contribution in [0.25, 0.3) is 0 Å². The highest BCUT2D eigenvalue weighted by atomic mass is 32.2. The molecule has 0 aliphatic carbocycles. The van der Waals surface area contributed by atoms with E-state index in [1.165, 1.54) is 11.8 Å². The second-order valence-corrected chi connectivity index (χ2v) is 5.21. The molecule has 0 radical (unpaired) electrons. The van der Waals surface area contributed by atoms with Crippen molar-refractivity contribution in [1.82, 2.24) is 10.6 Å². The fraction of sp³-hybridized carbons (Fsp3) is 0.308. The number of carbonyl (C=O) groups is 3. The van der Waals surface area contributed by atoms with E-state index >= 15 is 0 Å². The fourth-order valence-electron chi connectivity index (χ4n) is 1.30. The van der Waals surface area contributed by atoms with Crippen LogP contribution in [0.4, 0.5) is 4.79 Å². The molecule has 6 heteroatoms. The number of carbonyl (C=O) groups excluding carboxylic acids is 3. The number of benzene rings is 1. The lowest BCUT2D eigenvalue weighted by Gasteiger charge is -2.11. The number of hydrogen-bond acceptors (Lipinski definition) is 4. The first-order chi connectivity index (χ1) is 9.06. The molecule has 102 valence electrons. The van der Waals surface area contributed by atoms with Crippen LogP contribution in [0.5, 0.6) is 0 Å². The zero-order valence-corrected chi connectivity index (χ0v) is 11.6. The van der Waals surface area contributed by atoms with E-state index in [1.54, 1.807) is 38.1 Å². The molecule has 1 atom stereocenters. The largest absolute Gasteiger partial charge is 0.338 e. The molecule has 19 heavy (non-hydrogen) atoms. The number of imide groups is 1. The number of nitrogens with one attached hydrogen (secondary N) is 2. The average Bonchev–Trinajstić information content (AvgIpc) is 2.39. The maximum Gasteiger partial charge on any atom is 0.321 e. The zero-order valence-electron chi connectivity index (χ0n) is 10.8. The lowest BCUT2D eigenvalue weighted by Crippen LogP contribution is -2.42. The number of rotatable bonds is 5. The number of hydrogen-bond donors (Lipinski definition) is 2. The van der Waals surface area contributed by atoms with Crippen LogP contribution in [0.15, 0.2) is 29.2 Å². The molecule has 1 rings (SSSR count). The summed E-state index contributed by atoms with van der Waals surface area (Å²) < 4.78 is 0. The summed E-state index contributed by atoms with van der Waals surface area (Å²) in [5.74, 6) is -0.351. The molecule has 0 aliphatic heterocycles. The number of thioether (sulfide) groups is 1. The zero-order chi connectivity index (χ0) is 14.3. The van der Waals surface area contributed by atoms with Gasteiger partial charge in [-0.1, -0.05) is 12.1 Å². The minimum atomic E-state index is -0.490. The molecule has 0 bridgehead atoms. The Bertz CT molecular complexity index is 459. The average molecular weight is 280 g/mol. The maximum absolute atomic E-state index is 11.7. The van der Waals surface area contributed by atoms with Gasteiger partial charge in [-0.3, -0.25) is 14.9 Å². The lowest BCUT2D eigenvalue weighted by atomic mass is 10.2. The van der Waals surface area contributed by atoms with E-state index in [9.17, 15) is 14.4 Å². The molecule has 0 spiro atoms. The van der Waals surface area contributed by atoms with Gasteiger partial charge in [-0.05, 0) is 26.0 Å². The summed E-state index contributed by atoms with van der Waals surface area (Å²) in [6, 6.07) is 6.42. The van der Waals surface area contributed by atoms with Crippen molar-refractivity contribution in [1.29, 1.82) is 0 Å². The molecule has 0 aliphatic rings. The molecule has 0 heterocycles. The monoisotopic (exact) mass is 280 g/mol. The van der Waals surface area contributed by atoms with Crippen molar-refractivity contribution in [3.8, 4) is 0 Å². The predicted octanol–water partition coefficient (Wildman–Crippen LogP) is 1.83. The van der Waals surface area contributed by atoms with Gasteiger partial charge in [-0.25, -0.2) is 4.79 Å². The second kappa shape index (κ2) is 7.58. The third-order valence-corrected chi connectivity index (χ3v) is 3.38. The van der Waals surface area contributed by atoms with E-state index in [4.69, 9.17) is 0 Å². The van der Waals surface area contributed by atoms with Crippen LogP contribution in [-0.4, -0.2) is 30.0 Å². The lowest BCUT2D eigenvalue weighted by molar-refractivity contribution is -0.119. The summed E-state index contributed by atoms with van der Waals surface area (Å²) in [5.41, 5.74) is 0.587. The number of aldehydes is 1. The third kappa shape index (κ3) is 5.13. The highest BCUT2D eigenvalue weighted by Crippen LogP contribution is 2.23. The molecule has 5 nitrogen and oxygen atoms in total. The molecular weight excluding hydrogens is 264 g/mol. The molecule has 0 saturated heterocycles. The van der Waals surface area contributed by atoms with Gasteiger partial charge in [0.15, 0.2) is 0 Å². The summed E-state index contributed by atoms with van der Waals surface area (Å²) >= 11 is 1.32. The van der Waals surface area contributed by atoms with Crippen LogP contribution in [0, 0.1) is 0 Å². The highest BCUT2D eigenvalue weighted by molar-refractivity contribution is 8.00. The van der Waals surface area contributed by atoms with Crippen molar-refractivity contribution in [2.45, 2.75) is 24.0 Å². The second-order valence-electron chi connectivity index (χ2n) is 3.80. The van der Waals surface area contributed by atoms with Gasteiger partial charge in [0.1, 0.15) is 6.29 Å². The number of amides is 3. The van der Waals surface area contributed by atoms with Crippen molar-refractivity contribution in [2.75, 3.05) is 6.54 Å². The van der Waals surface area contributed by atoms with Crippen molar-refractivity contribution in [3.05, 3.63) is 29.8 Å². The molecular formula is C13H16N2O3S. The Kier molecular flexibility index (Phi) is 6.08. The summed E-state index contributed by atoms with van der Waals surface area (Å²) in [6.07, 6.45) is 0.764. The predicted molar refractivity (Wildman–Crippen MR) is 74.4 cm³/mol. The molecule has 0 saturated carbocycles. The van der Waals surface area contributed by atoms with Crippen molar-refractivity contribution in [3.63, 3.8) is 0 Å². The van der Waals surface area contributed by atoms with E-state index in [1.807, 2.05) is 0 Å². The molecule has 2 N–H and O–H groups in total. The van der Waals surface area contributed by atoms with E-state index in [0.717, 1.165) is 11.2 Å². The van der Waals surface area contributed by atoms with Gasteiger partial charge in [-0.15, -0.1) is 11.8 Å². The summed E-state index contributed by atoms with van der Waals surface area (Å²) in [6.45, 7) is 3.96. The Morgan fingerprint density at radius 3 is 2.47 bits per heavy atom. The SMILES string of the molecule is CCNC(=O)NC(=O)C(C)Sc1ccc(C=O)cc1. The standard InChI is InChI=1S/C13H16N2O3S/c1-3-14-13(18)15-12(17)9(2)19-11-6-4-10(8-16)5-7-11/h4-9H,3H2,1-2H3,(H2,14,15,17,18). The van der Waals surface area contributed by atoms with Crippen molar-refractivity contribution >= 4 is 30.0 Å². The highest BCUT2D eigenvalue weighted by Gasteiger charge is 2.16. The Morgan fingerprint density at radius 1 is 1.32 bits per heavy atom. The van der Waals surface area contributed by atoms with Crippen LogP contribution in [0.3, 0.4) is 0 Å². The minimum Gasteiger partial charge on any atom is -0.338 e. The molecule has 1 aromatic carbocycles. The third-order valence-electron chi connectivity index (χ3n) is 2.27. The molecule has 0 fully saturated rings. The van der Waals surface area contributed by atoms with Crippen LogP contribution >= 0.6 is 11.8 Å². The van der Waals surface area contributed by atoms with Gasteiger partial charge in [0.05, 0.1) is 5.25 Å². The van der Waals surface area contributed by atoms with Crippen LogP contribution in [0.2, 0.25) is 0 Å². The molecule has 3 amide bonds. The Hall–Kier alpha value is -1.82. The van der Waals surface area contributed by atoms with Gasteiger partial charge < -0.3 is 5.32 Å². The molecule has 1 unspecified atom stereocenters. The summed E-state index contributed by atoms with van der Waals surface area (Å²) in [7, 11) is 0. The maximum atomic E-state index is 11.7. The molecule has 0 aromatic heterocycles. The van der Waals surface area contributed by atoms with Crippen molar-refractivity contribution < 1.29 is 14.4 Å². The number of urea groups is 1. The topological polar surface area (TPSA) is 75.3 Å². The Morgan fingerprint density at radius 2 is 1.95 bits per heavy atom. The quantitative estimate of drug-likeness (QED) is 0.637. The van der Waals surface area contributed by atoms with Crippen molar-refractivity contribution in [2.24, 2.45) is 0 Å². The first kappa shape index (κ1) is 15.2. The van der Waals surface area contributed by atoms with E-state index in [2.05, 4.69) is 10.6 Å². The minimum absolute atomic E-state index is 0.351. The molecule has 1 aromatic rings. The summed E-state index contributed by atoms with van der Waals surface area (Å²) in [4.78, 5) is 34.3. The first-order valence-corrected chi connectivity index (χ1v) is 6.75. The van der Waals surface area contributed by atoms with Gasteiger partial charge in [0, 0.05) is 17.0 Å². The van der Waals surface area contributed by atoms with Crippen LogP contribution in [-0.2, 0) is 4.79 Å². The Labute approximate surface area is 116 Å². The smallest absolute Gasteiger partial charge is 0.321 e. The Balaban J connectivity index is 2.53. The van der Waals surface area contributed by atoms with Gasteiger partial charge in [0.2, 0.25) is 5.91 Å². The van der Waals surface area contributed by atoms with E-state index in [-0.39, 0.29) is 5.91 Å².